The van der Waals surface area contributed by atoms with Gasteiger partial charge in [-0.25, -0.2) is 4.98 Å². The van der Waals surface area contributed by atoms with Crippen molar-refractivity contribution in [2.45, 2.75) is 0 Å². The van der Waals surface area contributed by atoms with Crippen LogP contribution in [0, 0.1) is 0 Å². The van der Waals surface area contributed by atoms with Crippen LogP contribution in [0.2, 0.25) is 0 Å². The van der Waals surface area contributed by atoms with Gasteiger partial charge in [0.05, 0.1) is 17.4 Å². The molecule has 0 bridgehead atoms. The third-order valence-corrected chi connectivity index (χ3v) is 3.50. The molecule has 1 amide bonds. The standard InChI is InChI=1S/C17H12N6O/c24-17(15-5-6-16(22-21-15)23-8-7-18-11-23)20-13-9-12-3-1-2-4-14(12)19-10-13/h1-11H,(H,20,24). The van der Waals surface area contributed by atoms with E-state index in [1.165, 1.54) is 0 Å². The van der Waals surface area contributed by atoms with Crippen LogP contribution in [0.1, 0.15) is 10.5 Å². The number of rotatable bonds is 3. The van der Waals surface area contributed by atoms with Crippen LogP contribution in [0.25, 0.3) is 16.7 Å². The first-order valence-corrected chi connectivity index (χ1v) is 7.28. The second-order valence-corrected chi connectivity index (χ2v) is 5.12. The van der Waals surface area contributed by atoms with Gasteiger partial charge in [-0.2, -0.15) is 0 Å². The van der Waals surface area contributed by atoms with Crippen molar-refractivity contribution in [2.75, 3.05) is 5.32 Å². The van der Waals surface area contributed by atoms with E-state index in [-0.39, 0.29) is 11.6 Å². The first-order chi connectivity index (χ1) is 11.8. The molecule has 0 aliphatic heterocycles. The number of hydrogen-bond donors (Lipinski definition) is 1. The molecule has 0 radical (unpaired) electrons. The Labute approximate surface area is 137 Å². The third kappa shape index (κ3) is 2.70. The van der Waals surface area contributed by atoms with Crippen LogP contribution < -0.4 is 5.32 Å². The Balaban J connectivity index is 1.54. The number of anilines is 1. The number of aromatic nitrogens is 5. The van der Waals surface area contributed by atoms with Gasteiger partial charge in [-0.3, -0.25) is 14.3 Å². The average molecular weight is 316 g/mol. The molecule has 3 heterocycles. The molecule has 3 aromatic heterocycles. The molecule has 4 rings (SSSR count). The van der Waals surface area contributed by atoms with E-state index in [0.29, 0.717) is 11.5 Å². The second kappa shape index (κ2) is 5.88. The van der Waals surface area contributed by atoms with E-state index in [0.717, 1.165) is 10.9 Å². The Kier molecular flexibility index (Phi) is 3.43. The van der Waals surface area contributed by atoms with Gasteiger partial charge in [-0.1, -0.05) is 18.2 Å². The molecule has 0 fully saturated rings. The summed E-state index contributed by atoms with van der Waals surface area (Å²) in [5.41, 5.74) is 1.71. The average Bonchev–Trinajstić information content (AvgIpc) is 3.16. The number of para-hydroxylation sites is 1. The molecule has 0 spiro atoms. The number of nitrogens with one attached hydrogen (secondary N) is 1. The van der Waals surface area contributed by atoms with Crippen molar-refractivity contribution in [1.82, 2.24) is 24.7 Å². The van der Waals surface area contributed by atoms with Gasteiger partial charge in [0.15, 0.2) is 11.5 Å². The summed E-state index contributed by atoms with van der Waals surface area (Å²) >= 11 is 0. The van der Waals surface area contributed by atoms with E-state index in [2.05, 4.69) is 25.5 Å². The molecule has 0 saturated heterocycles. The lowest BCUT2D eigenvalue weighted by Gasteiger charge is -2.06. The van der Waals surface area contributed by atoms with Gasteiger partial charge in [0.2, 0.25) is 0 Å². The van der Waals surface area contributed by atoms with Gasteiger partial charge >= 0.3 is 0 Å². The maximum absolute atomic E-state index is 12.3. The lowest BCUT2D eigenvalue weighted by atomic mass is 10.2. The minimum Gasteiger partial charge on any atom is -0.319 e. The Hall–Kier alpha value is -3.61. The number of amides is 1. The maximum Gasteiger partial charge on any atom is 0.276 e. The number of imidazole rings is 1. The van der Waals surface area contributed by atoms with Crippen LogP contribution in [-0.2, 0) is 0 Å². The summed E-state index contributed by atoms with van der Waals surface area (Å²) in [6.07, 6.45) is 6.64. The van der Waals surface area contributed by atoms with Crippen molar-refractivity contribution in [2.24, 2.45) is 0 Å². The molecule has 4 aromatic rings. The fourth-order valence-electron chi connectivity index (χ4n) is 2.31. The van der Waals surface area contributed by atoms with Crippen LogP contribution >= 0.6 is 0 Å². The van der Waals surface area contributed by atoms with Gasteiger partial charge in [0.25, 0.3) is 5.91 Å². The maximum atomic E-state index is 12.3. The van der Waals surface area contributed by atoms with Gasteiger partial charge < -0.3 is 5.32 Å². The highest BCUT2D eigenvalue weighted by atomic mass is 16.1. The smallest absolute Gasteiger partial charge is 0.276 e. The summed E-state index contributed by atoms with van der Waals surface area (Å²) in [5, 5.41) is 11.7. The SMILES string of the molecule is O=C(Nc1cnc2ccccc2c1)c1ccc(-n2ccnc2)nn1. The Bertz CT molecular complexity index is 995. The minimum atomic E-state index is -0.336. The third-order valence-electron chi connectivity index (χ3n) is 3.50. The second-order valence-electron chi connectivity index (χ2n) is 5.12. The summed E-state index contributed by atoms with van der Waals surface area (Å²) < 4.78 is 1.71. The molecule has 0 aliphatic rings. The monoisotopic (exact) mass is 316 g/mol. The summed E-state index contributed by atoms with van der Waals surface area (Å²) in [5.74, 6) is 0.258. The zero-order valence-electron chi connectivity index (χ0n) is 12.5. The number of hydrogen-bond acceptors (Lipinski definition) is 5. The van der Waals surface area contributed by atoms with Crippen LogP contribution in [-0.4, -0.2) is 30.6 Å². The van der Waals surface area contributed by atoms with Crippen LogP contribution in [0.3, 0.4) is 0 Å². The molecular formula is C17H12N6O. The van der Waals surface area contributed by atoms with Crippen molar-refractivity contribution < 1.29 is 4.79 Å². The largest absolute Gasteiger partial charge is 0.319 e. The van der Waals surface area contributed by atoms with Crippen molar-refractivity contribution in [3.63, 3.8) is 0 Å². The van der Waals surface area contributed by atoms with Crippen LogP contribution in [0.4, 0.5) is 5.69 Å². The molecule has 0 unspecified atom stereocenters. The molecule has 0 atom stereocenters. The molecule has 116 valence electrons. The first-order valence-electron chi connectivity index (χ1n) is 7.28. The topological polar surface area (TPSA) is 85.6 Å². The molecule has 0 saturated carbocycles. The van der Waals surface area contributed by atoms with Crippen molar-refractivity contribution in [3.05, 3.63) is 73.1 Å². The fourth-order valence-corrected chi connectivity index (χ4v) is 2.31. The molecule has 24 heavy (non-hydrogen) atoms. The normalized spacial score (nSPS) is 10.7. The highest BCUT2D eigenvalue weighted by Crippen LogP contribution is 2.16. The molecule has 7 nitrogen and oxygen atoms in total. The number of fused-ring (bicyclic) bond motifs is 1. The predicted octanol–water partition coefficient (Wildman–Crippen LogP) is 2.46. The summed E-state index contributed by atoms with van der Waals surface area (Å²) in [7, 11) is 0. The molecule has 0 aliphatic carbocycles. The summed E-state index contributed by atoms with van der Waals surface area (Å²) in [4.78, 5) is 20.5. The molecule has 1 aromatic carbocycles. The van der Waals surface area contributed by atoms with Crippen LogP contribution in [0.15, 0.2) is 67.4 Å². The van der Waals surface area contributed by atoms with E-state index in [9.17, 15) is 4.79 Å². The Morgan fingerprint density at radius 1 is 1.08 bits per heavy atom. The molecule has 7 heteroatoms. The van der Waals surface area contributed by atoms with E-state index in [1.807, 2.05) is 30.3 Å². The number of carbonyl (C=O) groups is 1. The van der Waals surface area contributed by atoms with Crippen LogP contribution in [0.5, 0.6) is 0 Å². The highest BCUT2D eigenvalue weighted by molar-refractivity contribution is 6.03. The number of benzene rings is 1. The van der Waals surface area contributed by atoms with Crippen molar-refractivity contribution >= 4 is 22.5 Å². The predicted molar refractivity (Wildman–Crippen MR) is 88.9 cm³/mol. The minimum absolute atomic E-state index is 0.229. The van der Waals surface area contributed by atoms with E-state index < -0.39 is 0 Å². The number of pyridine rings is 1. The number of nitrogens with zero attached hydrogens (tertiary/aromatic N) is 5. The van der Waals surface area contributed by atoms with E-state index >= 15 is 0 Å². The zero-order chi connectivity index (χ0) is 16.4. The highest BCUT2D eigenvalue weighted by Gasteiger charge is 2.10. The molecular weight excluding hydrogens is 304 g/mol. The fraction of sp³-hybridized carbons (Fsp3) is 0. The first kappa shape index (κ1) is 14.0. The lowest BCUT2D eigenvalue weighted by molar-refractivity contribution is 0.102. The summed E-state index contributed by atoms with van der Waals surface area (Å²) in [6, 6.07) is 12.9. The van der Waals surface area contributed by atoms with E-state index in [1.54, 1.807) is 41.6 Å². The van der Waals surface area contributed by atoms with Crippen molar-refractivity contribution in [1.29, 1.82) is 0 Å². The molecule has 1 N–H and O–H groups in total. The van der Waals surface area contributed by atoms with Gasteiger partial charge in [0, 0.05) is 17.8 Å². The van der Waals surface area contributed by atoms with E-state index in [4.69, 9.17) is 0 Å². The Morgan fingerprint density at radius 2 is 2.00 bits per heavy atom. The van der Waals surface area contributed by atoms with Gasteiger partial charge in [0.1, 0.15) is 6.33 Å². The van der Waals surface area contributed by atoms with Gasteiger partial charge in [-0.15, -0.1) is 10.2 Å². The lowest BCUT2D eigenvalue weighted by Crippen LogP contribution is -2.15. The summed E-state index contributed by atoms with van der Waals surface area (Å²) in [6.45, 7) is 0. The van der Waals surface area contributed by atoms with Gasteiger partial charge in [-0.05, 0) is 24.3 Å². The van der Waals surface area contributed by atoms with Crippen molar-refractivity contribution in [3.8, 4) is 5.82 Å². The number of carbonyl (C=O) groups excluding carboxylic acids is 1. The Morgan fingerprint density at radius 3 is 2.79 bits per heavy atom. The quantitative estimate of drug-likeness (QED) is 0.627. The zero-order valence-corrected chi connectivity index (χ0v) is 12.5.